The summed E-state index contributed by atoms with van der Waals surface area (Å²) in [6.45, 7) is 1.68. The molecule has 0 aromatic rings. The van der Waals surface area contributed by atoms with E-state index in [1.807, 2.05) is 6.92 Å². The number of carbonyl (C=O) groups excluding carboxylic acids is 3. The summed E-state index contributed by atoms with van der Waals surface area (Å²) in [6, 6.07) is -0.811. The van der Waals surface area contributed by atoms with Crippen LogP contribution in [0.3, 0.4) is 0 Å². The number of imide groups is 2. The van der Waals surface area contributed by atoms with Crippen LogP contribution in [0, 0.1) is 5.92 Å². The normalized spacial score (nSPS) is 29.6. The van der Waals surface area contributed by atoms with Crippen LogP contribution in [-0.4, -0.2) is 48.7 Å². The Kier molecular flexibility index (Phi) is 4.12. The largest absolute Gasteiger partial charge is 0.330 e. The number of hydrogen-bond donors (Lipinski definition) is 1. The zero-order valence-corrected chi connectivity index (χ0v) is 12.1. The second-order valence-electron chi connectivity index (χ2n) is 5.22. The third kappa shape index (κ3) is 2.70. The van der Waals surface area contributed by atoms with Crippen molar-refractivity contribution in [1.82, 2.24) is 10.2 Å². The fourth-order valence-electron chi connectivity index (χ4n) is 2.64. The molecule has 0 aliphatic carbocycles. The molecule has 4 amide bonds. The first kappa shape index (κ1) is 15.0. The van der Waals surface area contributed by atoms with Gasteiger partial charge in [-0.25, -0.2) is 13.2 Å². The van der Waals surface area contributed by atoms with Gasteiger partial charge in [-0.15, -0.1) is 0 Å². The van der Waals surface area contributed by atoms with Crippen LogP contribution in [0.25, 0.3) is 0 Å². The number of amides is 4. The number of carbonyl (C=O) groups is 3. The van der Waals surface area contributed by atoms with Gasteiger partial charge in [-0.2, -0.15) is 0 Å². The van der Waals surface area contributed by atoms with Crippen molar-refractivity contribution < 1.29 is 22.8 Å². The molecule has 2 saturated heterocycles. The highest BCUT2D eigenvalue weighted by molar-refractivity contribution is 7.92. The molecular weight excluding hydrogens is 284 g/mol. The van der Waals surface area contributed by atoms with Crippen molar-refractivity contribution >= 4 is 27.7 Å². The van der Waals surface area contributed by atoms with Gasteiger partial charge in [-0.1, -0.05) is 13.3 Å². The van der Waals surface area contributed by atoms with E-state index < -0.39 is 38.9 Å². The van der Waals surface area contributed by atoms with Crippen LogP contribution in [0.2, 0.25) is 0 Å². The van der Waals surface area contributed by atoms with Crippen molar-refractivity contribution in [3.63, 3.8) is 0 Å². The third-order valence-electron chi connectivity index (χ3n) is 3.78. The standard InChI is InChI=1S/C12H18N2O5S/c1-2-4-9-10(15)13-12(17)14(11(9)16)7-8-5-3-6-20(8,18)19/h8-9H,2-7H2,1H3,(H,13,15,17). The zero-order valence-electron chi connectivity index (χ0n) is 11.3. The molecule has 2 aliphatic rings. The first-order valence-electron chi connectivity index (χ1n) is 6.74. The summed E-state index contributed by atoms with van der Waals surface area (Å²) in [7, 11) is -3.24. The molecule has 2 rings (SSSR count). The van der Waals surface area contributed by atoms with E-state index in [4.69, 9.17) is 0 Å². The summed E-state index contributed by atoms with van der Waals surface area (Å²) in [4.78, 5) is 36.4. The Morgan fingerprint density at radius 2 is 2.00 bits per heavy atom. The van der Waals surface area contributed by atoms with E-state index in [9.17, 15) is 22.8 Å². The monoisotopic (exact) mass is 302 g/mol. The molecule has 0 bridgehead atoms. The molecule has 0 radical (unpaired) electrons. The molecule has 112 valence electrons. The SMILES string of the molecule is CCCC1C(=O)NC(=O)N(CC2CCCS2(=O)=O)C1=O. The van der Waals surface area contributed by atoms with Gasteiger partial charge in [0.1, 0.15) is 5.92 Å². The molecular formula is C12H18N2O5S. The van der Waals surface area contributed by atoms with E-state index in [1.165, 1.54) is 0 Å². The second kappa shape index (κ2) is 5.51. The summed E-state index contributed by atoms with van der Waals surface area (Å²) in [5.41, 5.74) is 0. The van der Waals surface area contributed by atoms with Gasteiger partial charge in [-0.3, -0.25) is 19.8 Å². The molecule has 2 unspecified atom stereocenters. The van der Waals surface area contributed by atoms with E-state index >= 15 is 0 Å². The van der Waals surface area contributed by atoms with Crippen molar-refractivity contribution in [2.24, 2.45) is 5.92 Å². The van der Waals surface area contributed by atoms with Gasteiger partial charge in [0.25, 0.3) is 0 Å². The molecule has 20 heavy (non-hydrogen) atoms. The van der Waals surface area contributed by atoms with Gasteiger partial charge in [-0.05, 0) is 19.3 Å². The molecule has 0 aromatic carbocycles. The minimum atomic E-state index is -3.24. The second-order valence-corrected chi connectivity index (χ2v) is 7.62. The Bertz CT molecular complexity index is 542. The van der Waals surface area contributed by atoms with Gasteiger partial charge in [0, 0.05) is 6.54 Å². The van der Waals surface area contributed by atoms with E-state index in [1.54, 1.807) is 0 Å². The predicted molar refractivity (Wildman–Crippen MR) is 70.5 cm³/mol. The van der Waals surface area contributed by atoms with Crippen LogP contribution in [0.4, 0.5) is 4.79 Å². The molecule has 0 aromatic heterocycles. The first-order valence-corrected chi connectivity index (χ1v) is 8.46. The van der Waals surface area contributed by atoms with Crippen molar-refractivity contribution in [3.05, 3.63) is 0 Å². The lowest BCUT2D eigenvalue weighted by atomic mass is 9.99. The van der Waals surface area contributed by atoms with Crippen LogP contribution in [0.5, 0.6) is 0 Å². The fraction of sp³-hybridized carbons (Fsp3) is 0.750. The average Bonchev–Trinajstić information content (AvgIpc) is 2.69. The molecule has 2 atom stereocenters. The Balaban J connectivity index is 2.15. The van der Waals surface area contributed by atoms with Gasteiger partial charge in [0.05, 0.1) is 11.0 Å². The molecule has 2 aliphatic heterocycles. The number of nitrogens with one attached hydrogen (secondary N) is 1. The highest BCUT2D eigenvalue weighted by atomic mass is 32.2. The molecule has 2 fully saturated rings. The average molecular weight is 302 g/mol. The Labute approximate surface area is 117 Å². The van der Waals surface area contributed by atoms with Crippen LogP contribution in [0.1, 0.15) is 32.6 Å². The maximum atomic E-state index is 12.2. The van der Waals surface area contributed by atoms with E-state index in [2.05, 4.69) is 5.32 Å². The van der Waals surface area contributed by atoms with Crippen molar-refractivity contribution in [2.45, 2.75) is 37.9 Å². The summed E-state index contributed by atoms with van der Waals surface area (Å²) >= 11 is 0. The number of hydrogen-bond acceptors (Lipinski definition) is 5. The number of barbiturate groups is 1. The molecule has 1 N–H and O–H groups in total. The smallest absolute Gasteiger partial charge is 0.277 e. The molecule has 8 heteroatoms. The van der Waals surface area contributed by atoms with Crippen molar-refractivity contribution in [2.75, 3.05) is 12.3 Å². The van der Waals surface area contributed by atoms with Crippen LogP contribution >= 0.6 is 0 Å². The maximum Gasteiger partial charge on any atom is 0.330 e. The van der Waals surface area contributed by atoms with Gasteiger partial charge in [0.15, 0.2) is 9.84 Å². The zero-order chi connectivity index (χ0) is 14.9. The van der Waals surface area contributed by atoms with Crippen molar-refractivity contribution in [1.29, 1.82) is 0 Å². The minimum absolute atomic E-state index is 0.0959. The molecule has 0 saturated carbocycles. The highest BCUT2D eigenvalue weighted by Gasteiger charge is 2.43. The Morgan fingerprint density at radius 1 is 1.30 bits per heavy atom. The topological polar surface area (TPSA) is 101 Å². The fourth-order valence-corrected chi connectivity index (χ4v) is 4.45. The van der Waals surface area contributed by atoms with E-state index in [0.717, 1.165) is 4.90 Å². The summed E-state index contributed by atoms with van der Waals surface area (Å²) in [5, 5.41) is 1.43. The van der Waals surface area contributed by atoms with Gasteiger partial charge < -0.3 is 0 Å². The molecule has 0 spiro atoms. The van der Waals surface area contributed by atoms with Gasteiger partial charge in [0.2, 0.25) is 11.8 Å². The maximum absolute atomic E-state index is 12.2. The lowest BCUT2D eigenvalue weighted by molar-refractivity contribution is -0.142. The number of nitrogens with zero attached hydrogens (tertiary/aromatic N) is 1. The highest BCUT2D eigenvalue weighted by Crippen LogP contribution is 2.23. The number of sulfone groups is 1. The summed E-state index contributed by atoms with van der Waals surface area (Å²) in [5.74, 6) is -1.96. The summed E-state index contributed by atoms with van der Waals surface area (Å²) < 4.78 is 23.6. The number of urea groups is 1. The Hall–Kier alpha value is -1.44. The van der Waals surface area contributed by atoms with E-state index in [-0.39, 0.29) is 12.3 Å². The van der Waals surface area contributed by atoms with Crippen molar-refractivity contribution in [3.8, 4) is 0 Å². The van der Waals surface area contributed by atoms with Crippen LogP contribution in [-0.2, 0) is 19.4 Å². The molecule has 2 heterocycles. The first-order chi connectivity index (χ1) is 9.36. The van der Waals surface area contributed by atoms with Gasteiger partial charge >= 0.3 is 6.03 Å². The Morgan fingerprint density at radius 3 is 2.55 bits per heavy atom. The van der Waals surface area contributed by atoms with Crippen LogP contribution in [0.15, 0.2) is 0 Å². The van der Waals surface area contributed by atoms with E-state index in [0.29, 0.717) is 25.7 Å². The summed E-state index contributed by atoms with van der Waals surface area (Å²) in [6.07, 6.45) is 1.99. The van der Waals surface area contributed by atoms with Crippen LogP contribution < -0.4 is 5.32 Å². The lowest BCUT2D eigenvalue weighted by Gasteiger charge is -2.31. The minimum Gasteiger partial charge on any atom is -0.277 e. The third-order valence-corrected chi connectivity index (χ3v) is 6.04. The quantitative estimate of drug-likeness (QED) is 0.740. The predicted octanol–water partition coefficient (Wildman–Crippen LogP) is 0.0583. The lowest BCUT2D eigenvalue weighted by Crippen LogP contribution is -2.59. The molecule has 7 nitrogen and oxygen atoms in total. The number of rotatable bonds is 4.